The molecule has 0 spiro atoms. The molecule has 0 unspecified atom stereocenters. The smallest absolute Gasteiger partial charge is 0.145 e. The van der Waals surface area contributed by atoms with Gasteiger partial charge in [-0.3, -0.25) is 0 Å². The zero-order chi connectivity index (χ0) is 65.1. The molecule has 0 aliphatic heterocycles. The first-order valence-corrected chi connectivity index (χ1v) is 37.3. The summed E-state index contributed by atoms with van der Waals surface area (Å²) in [5, 5.41) is 7.76. The van der Waals surface area contributed by atoms with Crippen molar-refractivity contribution in [3.05, 3.63) is 287 Å². The highest BCUT2D eigenvalue weighted by Gasteiger charge is 2.47. The summed E-state index contributed by atoms with van der Waals surface area (Å²) < 4.78 is 27.8. The van der Waals surface area contributed by atoms with Crippen molar-refractivity contribution in [1.82, 2.24) is 18.3 Å². The van der Waals surface area contributed by atoms with Crippen LogP contribution in [0.3, 0.4) is 0 Å². The van der Waals surface area contributed by atoms with Crippen molar-refractivity contribution in [3.8, 4) is 67.3 Å². The molecule has 466 valence electrons. The number of aromatic nitrogens is 4. The zero-order valence-electron chi connectivity index (χ0n) is 55.6. The summed E-state index contributed by atoms with van der Waals surface area (Å²) in [4.78, 5) is 0. The van der Waals surface area contributed by atoms with Crippen molar-refractivity contribution in [1.29, 1.82) is 0 Å². The number of rotatable bonds is 4. The van der Waals surface area contributed by atoms with E-state index in [1.54, 1.807) is 0 Å². The van der Waals surface area contributed by atoms with E-state index in [1.165, 1.54) is 164 Å². The molecule has 6 heterocycles. The first-order valence-electron chi connectivity index (χ1n) is 34.6. The topological polar surface area (TPSA) is 46.0 Å². The molecule has 0 bridgehead atoms. The zero-order valence-corrected chi connectivity index (χ0v) is 57.4. The van der Waals surface area contributed by atoms with E-state index in [2.05, 4.69) is 316 Å². The van der Waals surface area contributed by atoms with Crippen LogP contribution in [-0.2, 0) is 21.7 Å². The van der Waals surface area contributed by atoms with E-state index in [9.17, 15) is 0 Å². The molecule has 0 saturated heterocycles. The number of benzene rings is 13. The maximum Gasteiger partial charge on any atom is 0.145 e. The monoisotopic (exact) mass is 1290 g/mol. The molecule has 0 radical (unpaired) electrons. The van der Waals surface area contributed by atoms with Crippen LogP contribution in [0.15, 0.2) is 251 Å². The van der Waals surface area contributed by atoms with Crippen molar-refractivity contribution in [2.24, 2.45) is 0 Å². The van der Waals surface area contributed by atoms with E-state index in [4.69, 9.17) is 8.83 Å². The van der Waals surface area contributed by atoms with E-state index >= 15 is 0 Å². The van der Waals surface area contributed by atoms with Crippen molar-refractivity contribution < 1.29 is 8.83 Å². The number of hydrogen-bond donors (Lipinski definition) is 0. The van der Waals surface area contributed by atoms with Gasteiger partial charge >= 0.3 is 0 Å². The van der Waals surface area contributed by atoms with Crippen LogP contribution >= 0.6 is 14.7 Å². The third kappa shape index (κ3) is 6.17. The molecule has 8 heteroatoms. The maximum atomic E-state index is 8.44. The molecule has 0 saturated carbocycles. The minimum absolute atomic E-state index is 0.402. The normalized spacial score (nSPS) is 15.7. The van der Waals surface area contributed by atoms with Crippen LogP contribution in [0.2, 0.25) is 0 Å². The molecule has 19 aromatic rings. The Balaban J connectivity index is 1.13. The summed E-state index contributed by atoms with van der Waals surface area (Å²) in [7, 11) is -3.00. The molecule has 6 aromatic heterocycles. The summed E-state index contributed by atoms with van der Waals surface area (Å²) in [6.07, 6.45) is 0. The third-order valence-electron chi connectivity index (χ3n) is 24.0. The SMILES string of the molecule is CC1(C)c2ccccc2-c2cc3c4c(oc5c6c(cc7c5p4c4c(c5c8c(c4n7-c4ccccc4)n(-c4ccccc4)c4cc7c(c9oc%10c%11c(cc(c%10p8c94)n5-c4ccccc4)-c4ccccc4C%11(C)C)C(C)(C)c4ccccc4-7)n3-c3ccccc3)-c3ccccc3C6(C)C)c21. The molecule has 4 aliphatic carbocycles. The van der Waals surface area contributed by atoms with Gasteiger partial charge in [-0.25, -0.2) is 0 Å². The van der Waals surface area contributed by atoms with Crippen molar-refractivity contribution in [2.45, 2.75) is 77.0 Å². The van der Waals surface area contributed by atoms with Crippen molar-refractivity contribution >= 4 is 112 Å². The van der Waals surface area contributed by atoms with Gasteiger partial charge in [0, 0.05) is 66.7 Å². The van der Waals surface area contributed by atoms with Crippen LogP contribution in [0.5, 0.6) is 0 Å². The van der Waals surface area contributed by atoms with Crippen LogP contribution in [0.25, 0.3) is 164 Å². The highest BCUT2D eigenvalue weighted by molar-refractivity contribution is 7.65. The van der Waals surface area contributed by atoms with Gasteiger partial charge in [0.25, 0.3) is 0 Å². The summed E-state index contributed by atoms with van der Waals surface area (Å²) in [5.74, 6) is 0. The molecule has 0 N–H and O–H groups in total. The van der Waals surface area contributed by atoms with Gasteiger partial charge in [0.2, 0.25) is 0 Å². The predicted molar refractivity (Wildman–Crippen MR) is 410 cm³/mol. The number of fused-ring (bicyclic) bond motifs is 18. The van der Waals surface area contributed by atoms with Gasteiger partial charge in [-0.15, -0.1) is 0 Å². The lowest BCUT2D eigenvalue weighted by Gasteiger charge is -2.34. The summed E-state index contributed by atoms with van der Waals surface area (Å²) in [5.41, 5.74) is 36.7. The highest BCUT2D eigenvalue weighted by atomic mass is 31.1. The first kappa shape index (κ1) is 54.4. The van der Waals surface area contributed by atoms with Crippen LogP contribution in [0.1, 0.15) is 99.9 Å². The number of para-hydroxylation sites is 4. The van der Waals surface area contributed by atoms with Gasteiger partial charge in [0.15, 0.2) is 0 Å². The molecule has 23 rings (SSSR count). The van der Waals surface area contributed by atoms with Gasteiger partial charge in [0.1, 0.15) is 22.3 Å². The maximum absolute atomic E-state index is 8.44. The molecule has 0 atom stereocenters. The average molecular weight is 1300 g/mol. The van der Waals surface area contributed by atoms with Crippen molar-refractivity contribution in [3.63, 3.8) is 0 Å². The molecule has 4 aliphatic rings. The Kier molecular flexibility index (Phi) is 9.92. The molecule has 6 nitrogen and oxygen atoms in total. The van der Waals surface area contributed by atoms with Gasteiger partial charge in [-0.1, -0.05) is 240 Å². The van der Waals surface area contributed by atoms with E-state index in [0.717, 1.165) is 45.1 Å². The van der Waals surface area contributed by atoms with Crippen LogP contribution in [0, 0.1) is 0 Å². The lowest BCUT2D eigenvalue weighted by molar-refractivity contribution is 0.597. The lowest BCUT2D eigenvalue weighted by Crippen LogP contribution is -2.18. The third-order valence-corrected chi connectivity index (χ3v) is 29.3. The Morgan fingerprint density at radius 3 is 0.663 bits per heavy atom. The largest absolute Gasteiger partial charge is 0.455 e. The van der Waals surface area contributed by atoms with Gasteiger partial charge < -0.3 is 27.1 Å². The van der Waals surface area contributed by atoms with Crippen LogP contribution in [-0.4, -0.2) is 18.3 Å². The van der Waals surface area contributed by atoms with E-state index in [-0.39, 0.29) is 0 Å². The number of nitrogens with zero attached hydrogens (tertiary/aromatic N) is 4. The quantitative estimate of drug-likeness (QED) is 0.130. The summed E-state index contributed by atoms with van der Waals surface area (Å²) in [6.45, 7) is 19.5. The van der Waals surface area contributed by atoms with Gasteiger partial charge in [-0.05, 0) is 140 Å². The second kappa shape index (κ2) is 17.9. The summed E-state index contributed by atoms with van der Waals surface area (Å²) in [6, 6.07) is 92.7. The fourth-order valence-electron chi connectivity index (χ4n) is 20.1. The minimum Gasteiger partial charge on any atom is -0.455 e. The van der Waals surface area contributed by atoms with Crippen LogP contribution < -0.4 is 0 Å². The lowest BCUT2D eigenvalue weighted by atomic mass is 9.81. The molecule has 0 fully saturated rings. The minimum atomic E-state index is -1.50. The second-order valence-corrected chi connectivity index (χ2v) is 34.3. The Morgan fingerprint density at radius 1 is 0.235 bits per heavy atom. The predicted octanol–water partition coefficient (Wildman–Crippen LogP) is 25.4. The molecular weight excluding hydrogens is 1230 g/mol. The number of hydrogen-bond acceptors (Lipinski definition) is 2. The highest BCUT2D eigenvalue weighted by Crippen LogP contribution is 2.69. The Morgan fingerprint density at radius 2 is 0.439 bits per heavy atom. The first-order chi connectivity index (χ1) is 47.7. The van der Waals surface area contributed by atoms with Crippen LogP contribution in [0.4, 0.5) is 0 Å². The Bertz CT molecular complexity index is 6070. The van der Waals surface area contributed by atoms with Crippen molar-refractivity contribution in [2.75, 3.05) is 0 Å². The fraction of sp³-hybridized carbons (Fsp3) is 0.133. The fourth-order valence-corrected chi connectivity index (χ4v) is 26.1. The van der Waals surface area contributed by atoms with E-state index in [1.807, 2.05) is 0 Å². The van der Waals surface area contributed by atoms with Gasteiger partial charge in [-0.2, -0.15) is 0 Å². The Labute approximate surface area is 566 Å². The summed E-state index contributed by atoms with van der Waals surface area (Å²) >= 11 is 0. The average Bonchev–Trinajstić information content (AvgIpc) is 0.900. The molecule has 0 amide bonds. The Hall–Kier alpha value is -10.7. The molecule has 13 aromatic carbocycles. The van der Waals surface area contributed by atoms with Gasteiger partial charge in [0.05, 0.1) is 74.8 Å². The molecule has 98 heavy (non-hydrogen) atoms. The van der Waals surface area contributed by atoms with E-state index < -0.39 is 36.3 Å². The molecular formula is C90H64N4O2P2. The second-order valence-electron chi connectivity index (χ2n) is 30.3. The van der Waals surface area contributed by atoms with E-state index in [0.29, 0.717) is 0 Å². The standard InChI is InChI=1S/C90H64N4O2P2/c1-87(2)61-41-25-21-37-53(61)57-45-65-81-77(69(57)87)95-78-70-58(54-38-22-26-42-62(54)88(70,3)4)46-66-82(78)97(81)85-73(91(65)49-29-13-9-14-30-49)75-86-76(74(85)92(66)50-31-15-10-16-32-50)94(52-35-19-12-20-36-52)68-48-60-56-40-24-28-44-64(56)90(7,8)72(60)80-84(68)98(86)83-67(93(75)51-33-17-11-18-34-51)47-59-55-39-23-27-43-63(55)89(5,6)71(59)79(83)96-80/h9-48H,1-8H3.